The fourth-order valence-electron chi connectivity index (χ4n) is 3.71. The van der Waals surface area contributed by atoms with Crippen LogP contribution in [0, 0.1) is 6.92 Å². The molecule has 32 heavy (non-hydrogen) atoms. The average molecular weight is 446 g/mol. The lowest BCUT2D eigenvalue weighted by molar-refractivity contribution is -0.140. The summed E-state index contributed by atoms with van der Waals surface area (Å²) in [6.45, 7) is 3.65. The molecule has 1 saturated heterocycles. The Kier molecular flexibility index (Phi) is 4.73. The van der Waals surface area contributed by atoms with Gasteiger partial charge in [0.15, 0.2) is 5.69 Å². The third kappa shape index (κ3) is 3.32. The van der Waals surface area contributed by atoms with Gasteiger partial charge in [-0.1, -0.05) is 35.4 Å². The van der Waals surface area contributed by atoms with E-state index in [0.29, 0.717) is 30.8 Å². The Labute approximate surface area is 178 Å². The highest BCUT2D eigenvalue weighted by molar-refractivity contribution is 5.81. The molecule has 4 aromatic rings. The van der Waals surface area contributed by atoms with Gasteiger partial charge in [0, 0.05) is 18.8 Å². The second kappa shape index (κ2) is 7.48. The number of H-pyrrole nitrogens is 1. The number of aryl methyl sites for hydroxylation is 1. The molecule has 0 radical (unpaired) electrons. The number of ether oxygens (including phenoxy) is 1. The van der Waals surface area contributed by atoms with E-state index in [2.05, 4.69) is 20.3 Å². The van der Waals surface area contributed by atoms with Gasteiger partial charge in [0.25, 0.3) is 11.4 Å². The zero-order valence-corrected chi connectivity index (χ0v) is 16.8. The largest absolute Gasteiger partial charge is 0.435 e. The molecule has 9 nitrogen and oxygen atoms in total. The van der Waals surface area contributed by atoms with Crippen LogP contribution in [0.2, 0.25) is 0 Å². The first-order valence-corrected chi connectivity index (χ1v) is 9.79. The number of hydrogen-bond acceptors (Lipinski definition) is 7. The van der Waals surface area contributed by atoms with Gasteiger partial charge in [0.1, 0.15) is 11.2 Å². The summed E-state index contributed by atoms with van der Waals surface area (Å²) in [5, 5.41) is 11.5. The van der Waals surface area contributed by atoms with Crippen LogP contribution in [-0.2, 0) is 10.9 Å². The number of morpholine rings is 1. The number of alkyl halides is 3. The number of nitrogens with zero attached hydrogens (tertiary/aromatic N) is 5. The van der Waals surface area contributed by atoms with Gasteiger partial charge in [0.05, 0.1) is 18.8 Å². The Hall–Kier alpha value is -3.67. The van der Waals surface area contributed by atoms with Crippen LogP contribution in [-0.4, -0.2) is 51.1 Å². The molecule has 5 rings (SSSR count). The van der Waals surface area contributed by atoms with E-state index < -0.39 is 17.4 Å². The molecule has 0 spiro atoms. The van der Waals surface area contributed by atoms with Crippen LogP contribution in [0.25, 0.3) is 28.2 Å². The first-order chi connectivity index (χ1) is 15.3. The summed E-state index contributed by atoms with van der Waals surface area (Å²) in [4.78, 5) is 17.9. The van der Waals surface area contributed by atoms with E-state index in [9.17, 15) is 18.0 Å². The number of halogens is 3. The van der Waals surface area contributed by atoms with Gasteiger partial charge in [-0.3, -0.25) is 4.79 Å². The second-order valence-corrected chi connectivity index (χ2v) is 7.27. The van der Waals surface area contributed by atoms with Gasteiger partial charge < -0.3 is 19.0 Å². The van der Waals surface area contributed by atoms with E-state index in [1.54, 1.807) is 25.1 Å². The lowest BCUT2D eigenvalue weighted by Crippen LogP contribution is -2.36. The van der Waals surface area contributed by atoms with E-state index in [1.807, 2.05) is 4.90 Å². The Morgan fingerprint density at radius 1 is 1.06 bits per heavy atom. The van der Waals surface area contributed by atoms with Crippen molar-refractivity contribution in [3.05, 3.63) is 52.1 Å². The van der Waals surface area contributed by atoms with Crippen LogP contribution in [0.15, 0.2) is 39.5 Å². The van der Waals surface area contributed by atoms with Crippen LogP contribution < -0.4 is 10.5 Å². The van der Waals surface area contributed by atoms with Crippen molar-refractivity contribution in [2.75, 3.05) is 31.2 Å². The van der Waals surface area contributed by atoms with E-state index in [-0.39, 0.29) is 39.9 Å². The Balaban J connectivity index is 1.69. The van der Waals surface area contributed by atoms with Crippen molar-refractivity contribution >= 4 is 11.7 Å². The molecule has 0 amide bonds. The van der Waals surface area contributed by atoms with Crippen LogP contribution >= 0.6 is 0 Å². The Bertz CT molecular complexity index is 1340. The number of anilines is 1. The normalized spacial score (nSPS) is 14.9. The molecule has 166 valence electrons. The summed E-state index contributed by atoms with van der Waals surface area (Å²) in [6.07, 6.45) is -4.76. The van der Waals surface area contributed by atoms with Gasteiger partial charge in [0.2, 0.25) is 0 Å². The van der Waals surface area contributed by atoms with Crippen molar-refractivity contribution in [2.45, 2.75) is 13.1 Å². The maximum atomic E-state index is 13.8. The predicted molar refractivity (Wildman–Crippen MR) is 107 cm³/mol. The van der Waals surface area contributed by atoms with Crippen LogP contribution in [0.5, 0.6) is 0 Å². The highest BCUT2D eigenvalue weighted by Gasteiger charge is 2.39. The van der Waals surface area contributed by atoms with Crippen molar-refractivity contribution in [2.24, 2.45) is 0 Å². The minimum Gasteiger partial charge on any atom is -0.403 e. The van der Waals surface area contributed by atoms with Crippen molar-refractivity contribution in [1.29, 1.82) is 0 Å². The second-order valence-electron chi connectivity index (χ2n) is 7.27. The average Bonchev–Trinajstić information content (AvgIpc) is 3.40. The molecule has 1 fully saturated rings. The molecule has 0 unspecified atom stereocenters. The molecule has 12 heteroatoms. The van der Waals surface area contributed by atoms with E-state index >= 15 is 0 Å². The Morgan fingerprint density at radius 3 is 2.47 bits per heavy atom. The standard InChI is InChI=1S/C20H17F3N6O3/c1-11-13(17-25-26-19(32-17)28-7-9-31-10-8-28)18(30)29-16(24-11)14(12-5-3-2-4-6-12)15(27-29)20(21,22)23/h2-6,24H,7-10H2,1H3. The third-order valence-electron chi connectivity index (χ3n) is 5.21. The van der Waals surface area contributed by atoms with Crippen molar-refractivity contribution in [3.63, 3.8) is 0 Å². The number of nitrogens with one attached hydrogen (secondary N) is 1. The molecule has 1 aliphatic heterocycles. The lowest BCUT2D eigenvalue weighted by atomic mass is 10.1. The SMILES string of the molecule is Cc1[nH]c2c(-c3ccccc3)c(C(F)(F)F)nn2c(=O)c1-c1nnc(N2CCOCC2)o1. The van der Waals surface area contributed by atoms with Crippen molar-refractivity contribution in [1.82, 2.24) is 24.8 Å². The molecule has 1 aromatic carbocycles. The number of rotatable bonds is 3. The number of fused-ring (bicyclic) bond motifs is 1. The molecule has 1 aliphatic rings. The van der Waals surface area contributed by atoms with Gasteiger partial charge in [-0.15, -0.1) is 5.10 Å². The van der Waals surface area contributed by atoms with Crippen molar-refractivity contribution in [3.8, 4) is 22.6 Å². The predicted octanol–water partition coefficient (Wildman–Crippen LogP) is 2.90. The lowest BCUT2D eigenvalue weighted by Gasteiger charge is -2.24. The maximum Gasteiger partial charge on any atom is 0.435 e. The van der Waals surface area contributed by atoms with Gasteiger partial charge in [-0.2, -0.15) is 22.8 Å². The number of aromatic nitrogens is 5. The topological polar surface area (TPSA) is 102 Å². The summed E-state index contributed by atoms with van der Waals surface area (Å²) in [7, 11) is 0. The molecule has 3 aromatic heterocycles. The first kappa shape index (κ1) is 20.2. The highest BCUT2D eigenvalue weighted by Crippen LogP contribution is 2.38. The molecule has 0 atom stereocenters. The molecule has 0 saturated carbocycles. The van der Waals surface area contributed by atoms with E-state index in [1.165, 1.54) is 12.1 Å². The quantitative estimate of drug-likeness (QED) is 0.516. The summed E-state index contributed by atoms with van der Waals surface area (Å²) < 4.78 is 53.0. The fraction of sp³-hybridized carbons (Fsp3) is 0.300. The van der Waals surface area contributed by atoms with Crippen LogP contribution in [0.1, 0.15) is 11.4 Å². The summed E-state index contributed by atoms with van der Waals surface area (Å²) >= 11 is 0. The molecule has 0 bridgehead atoms. The summed E-state index contributed by atoms with van der Waals surface area (Å²) in [5.74, 6) is -0.0996. The smallest absolute Gasteiger partial charge is 0.403 e. The van der Waals surface area contributed by atoms with Crippen molar-refractivity contribution < 1.29 is 22.3 Å². The van der Waals surface area contributed by atoms with E-state index in [0.717, 1.165) is 0 Å². The first-order valence-electron chi connectivity index (χ1n) is 9.79. The molecule has 0 aliphatic carbocycles. The number of benzene rings is 1. The Morgan fingerprint density at radius 2 is 1.78 bits per heavy atom. The minimum absolute atomic E-state index is 0.0413. The van der Waals surface area contributed by atoms with Gasteiger partial charge in [-0.05, 0) is 12.5 Å². The molecule has 1 N–H and O–H groups in total. The molecular weight excluding hydrogens is 429 g/mol. The summed E-state index contributed by atoms with van der Waals surface area (Å²) in [6, 6.07) is 8.19. The zero-order chi connectivity index (χ0) is 22.5. The van der Waals surface area contributed by atoms with E-state index in [4.69, 9.17) is 9.15 Å². The third-order valence-corrected chi connectivity index (χ3v) is 5.21. The molecular formula is C20H17F3N6O3. The number of aromatic amines is 1. The zero-order valence-electron chi connectivity index (χ0n) is 16.8. The van der Waals surface area contributed by atoms with Crippen LogP contribution in [0.3, 0.4) is 0 Å². The molecule has 4 heterocycles. The summed E-state index contributed by atoms with van der Waals surface area (Å²) in [5.41, 5.74) is -1.70. The minimum atomic E-state index is -4.76. The van der Waals surface area contributed by atoms with Gasteiger partial charge in [-0.25, -0.2) is 0 Å². The fourth-order valence-corrected chi connectivity index (χ4v) is 3.71. The van der Waals surface area contributed by atoms with Gasteiger partial charge >= 0.3 is 12.2 Å². The van der Waals surface area contributed by atoms with Crippen LogP contribution in [0.4, 0.5) is 19.2 Å². The maximum absolute atomic E-state index is 13.8. The monoisotopic (exact) mass is 446 g/mol. The number of hydrogen-bond donors (Lipinski definition) is 1. The highest BCUT2D eigenvalue weighted by atomic mass is 19.4.